The first kappa shape index (κ1) is 27.1. The third-order valence-electron chi connectivity index (χ3n) is 6.78. The van der Waals surface area contributed by atoms with Crippen molar-refractivity contribution < 1.29 is 18.0 Å². The fourth-order valence-electron chi connectivity index (χ4n) is 4.52. The number of pyridine rings is 2. The van der Waals surface area contributed by atoms with Gasteiger partial charge in [-0.1, -0.05) is 24.8 Å². The number of piperazine rings is 1. The second kappa shape index (κ2) is 11.3. The number of nitrogens with one attached hydrogen (secondary N) is 2. The number of aromatic amines is 1. The number of rotatable bonds is 5. The number of fused-ring (bicyclic) bond motifs is 1. The Hall–Kier alpha value is -4.47. The van der Waals surface area contributed by atoms with Gasteiger partial charge < -0.3 is 16.0 Å². The Kier molecular flexibility index (Phi) is 7.68. The van der Waals surface area contributed by atoms with Gasteiger partial charge in [0, 0.05) is 61.8 Å². The number of hydrogen-bond acceptors (Lipinski definition) is 7. The molecule has 0 spiro atoms. The lowest BCUT2D eigenvalue weighted by Gasteiger charge is -2.34. The van der Waals surface area contributed by atoms with Crippen molar-refractivity contribution in [3.8, 4) is 11.8 Å². The number of nitrogen functional groups attached to an aromatic ring is 1. The van der Waals surface area contributed by atoms with Gasteiger partial charge in [-0.05, 0) is 42.4 Å². The number of H-pyrrole nitrogens is 1. The Morgan fingerprint density at radius 2 is 1.80 bits per heavy atom. The van der Waals surface area contributed by atoms with Crippen molar-refractivity contribution in [1.29, 1.82) is 0 Å². The molecule has 1 amide bonds. The van der Waals surface area contributed by atoms with E-state index >= 15 is 0 Å². The number of aromatic nitrogens is 4. The maximum atomic E-state index is 14.0. The van der Waals surface area contributed by atoms with Gasteiger partial charge in [0.25, 0.3) is 5.91 Å². The number of carbonyl (C=O) groups excluding carboxylic acids is 1. The molecule has 40 heavy (non-hydrogen) atoms. The van der Waals surface area contributed by atoms with Crippen LogP contribution in [0.15, 0.2) is 48.8 Å². The predicted molar refractivity (Wildman–Crippen MR) is 145 cm³/mol. The lowest BCUT2D eigenvalue weighted by atomic mass is 10.0. The predicted octanol–water partition coefficient (Wildman–Crippen LogP) is 3.74. The van der Waals surface area contributed by atoms with E-state index < -0.39 is 17.6 Å². The summed E-state index contributed by atoms with van der Waals surface area (Å²) in [5.74, 6) is 5.78. The van der Waals surface area contributed by atoms with E-state index in [0.717, 1.165) is 25.7 Å². The van der Waals surface area contributed by atoms with Crippen LogP contribution < -0.4 is 11.1 Å². The largest absolute Gasteiger partial charge is 0.416 e. The number of amides is 1. The van der Waals surface area contributed by atoms with E-state index in [-0.39, 0.29) is 23.5 Å². The second-order valence-corrected chi connectivity index (χ2v) is 9.45. The molecule has 3 aromatic heterocycles. The minimum absolute atomic E-state index is 0.109. The molecule has 0 aliphatic carbocycles. The van der Waals surface area contributed by atoms with E-state index in [0.29, 0.717) is 41.1 Å². The Balaban J connectivity index is 1.30. The quantitative estimate of drug-likeness (QED) is 0.326. The minimum atomic E-state index is -4.59. The first-order valence-electron chi connectivity index (χ1n) is 12.7. The van der Waals surface area contributed by atoms with Crippen molar-refractivity contribution in [3.63, 3.8) is 0 Å². The van der Waals surface area contributed by atoms with E-state index in [1.165, 1.54) is 24.4 Å². The monoisotopic (exact) mass is 548 g/mol. The van der Waals surface area contributed by atoms with Gasteiger partial charge in [-0.2, -0.15) is 18.3 Å². The summed E-state index contributed by atoms with van der Waals surface area (Å²) >= 11 is 0. The highest BCUT2D eigenvalue weighted by molar-refractivity contribution is 6.04. The Labute approximate surface area is 228 Å². The Morgan fingerprint density at radius 3 is 2.55 bits per heavy atom. The number of carbonyl (C=O) groups is 1. The van der Waals surface area contributed by atoms with Gasteiger partial charge in [0.1, 0.15) is 11.6 Å². The van der Waals surface area contributed by atoms with Crippen molar-refractivity contribution in [3.05, 3.63) is 76.6 Å². The number of halogens is 3. The maximum Gasteiger partial charge on any atom is 0.416 e. The van der Waals surface area contributed by atoms with Crippen LogP contribution in [-0.4, -0.2) is 68.6 Å². The molecule has 9 nitrogen and oxygen atoms in total. The van der Waals surface area contributed by atoms with Crippen molar-refractivity contribution >= 4 is 28.6 Å². The molecule has 1 aliphatic rings. The van der Waals surface area contributed by atoms with Gasteiger partial charge in [0.2, 0.25) is 0 Å². The van der Waals surface area contributed by atoms with Crippen molar-refractivity contribution in [1.82, 2.24) is 30.0 Å². The van der Waals surface area contributed by atoms with E-state index in [4.69, 9.17) is 5.73 Å². The summed E-state index contributed by atoms with van der Waals surface area (Å²) in [6, 6.07) is 8.65. The molecule has 1 aliphatic heterocycles. The molecule has 0 unspecified atom stereocenters. The van der Waals surface area contributed by atoms with Gasteiger partial charge in [-0.3, -0.25) is 14.8 Å². The lowest BCUT2D eigenvalue weighted by molar-refractivity contribution is -0.138. The zero-order valence-corrected chi connectivity index (χ0v) is 21.7. The van der Waals surface area contributed by atoms with Crippen molar-refractivity contribution in [2.75, 3.05) is 43.8 Å². The maximum absolute atomic E-state index is 14.0. The molecule has 1 aromatic carbocycles. The van der Waals surface area contributed by atoms with Crippen LogP contribution >= 0.6 is 0 Å². The number of nitrogens with two attached hydrogens (primary N) is 1. The van der Waals surface area contributed by atoms with Crippen LogP contribution in [0.5, 0.6) is 0 Å². The fourth-order valence-corrected chi connectivity index (χ4v) is 4.52. The topological polar surface area (TPSA) is 116 Å². The number of benzene rings is 1. The van der Waals surface area contributed by atoms with Gasteiger partial charge in [0.15, 0.2) is 5.65 Å². The van der Waals surface area contributed by atoms with Crippen LogP contribution in [0, 0.1) is 11.8 Å². The zero-order valence-electron chi connectivity index (χ0n) is 21.7. The highest BCUT2D eigenvalue weighted by Gasteiger charge is 2.34. The fraction of sp³-hybridized carbons (Fsp3) is 0.286. The Bertz CT molecular complexity index is 1600. The summed E-state index contributed by atoms with van der Waals surface area (Å²) < 4.78 is 41.9. The standard InChI is InChI=1S/C28H27F3N8O/c1-2-38-9-11-39(12-10-38)17-21-6-5-20(15-23(21)28(29,30)31)27(40)35-24-14-18(7-8-33-24)3-4-19-13-22-25(32)36-37-26(22)34-16-19/h5-8,13-16H,2,9-12,17H2,1H3,(H,33,35,40)(H3,32,34,36,37). The van der Waals surface area contributed by atoms with Gasteiger partial charge in [0.05, 0.1) is 10.9 Å². The SMILES string of the molecule is CCN1CCN(Cc2ccc(C(=O)Nc3cc(C#Cc4cnc5n[nH]c(N)c5c4)ccn3)cc2C(F)(F)F)CC1. The summed E-state index contributed by atoms with van der Waals surface area (Å²) in [5, 5.41) is 9.85. The average molecular weight is 549 g/mol. The van der Waals surface area contributed by atoms with Gasteiger partial charge >= 0.3 is 6.18 Å². The number of alkyl halides is 3. The first-order valence-corrected chi connectivity index (χ1v) is 12.7. The van der Waals surface area contributed by atoms with E-state index in [1.807, 2.05) is 4.90 Å². The molecule has 0 atom stereocenters. The molecule has 1 saturated heterocycles. The highest BCUT2D eigenvalue weighted by atomic mass is 19.4. The molecule has 12 heteroatoms. The normalized spacial score (nSPS) is 14.6. The summed E-state index contributed by atoms with van der Waals surface area (Å²) in [6.45, 7) is 6.19. The number of anilines is 2. The van der Waals surface area contributed by atoms with Crippen LogP contribution in [0.2, 0.25) is 0 Å². The summed E-state index contributed by atoms with van der Waals surface area (Å²) in [4.78, 5) is 25.5. The molecule has 0 radical (unpaired) electrons. The molecule has 4 aromatic rings. The van der Waals surface area contributed by atoms with Crippen LogP contribution in [0.25, 0.3) is 11.0 Å². The van der Waals surface area contributed by atoms with Crippen LogP contribution in [0.3, 0.4) is 0 Å². The van der Waals surface area contributed by atoms with Crippen molar-refractivity contribution in [2.45, 2.75) is 19.6 Å². The smallest absolute Gasteiger partial charge is 0.384 e. The molecular formula is C28H27F3N8O. The zero-order chi connectivity index (χ0) is 28.3. The summed E-state index contributed by atoms with van der Waals surface area (Å²) in [5.41, 5.74) is 6.69. The van der Waals surface area contributed by atoms with Crippen LogP contribution in [0.1, 0.15) is 39.5 Å². The second-order valence-electron chi connectivity index (χ2n) is 9.45. The molecule has 0 bridgehead atoms. The lowest BCUT2D eigenvalue weighted by Crippen LogP contribution is -2.45. The minimum Gasteiger partial charge on any atom is -0.384 e. The van der Waals surface area contributed by atoms with E-state index in [9.17, 15) is 18.0 Å². The molecule has 4 heterocycles. The third-order valence-corrected chi connectivity index (χ3v) is 6.78. The number of hydrogen-bond donors (Lipinski definition) is 3. The summed E-state index contributed by atoms with van der Waals surface area (Å²) in [6.07, 6.45) is -1.58. The van der Waals surface area contributed by atoms with Crippen LogP contribution in [-0.2, 0) is 12.7 Å². The molecule has 206 valence electrons. The molecule has 4 N–H and O–H groups in total. The van der Waals surface area contributed by atoms with E-state index in [1.54, 1.807) is 18.3 Å². The first-order chi connectivity index (χ1) is 19.2. The van der Waals surface area contributed by atoms with Gasteiger partial charge in [-0.25, -0.2) is 9.97 Å². The van der Waals surface area contributed by atoms with Crippen molar-refractivity contribution in [2.24, 2.45) is 0 Å². The third kappa shape index (κ3) is 6.22. The summed E-state index contributed by atoms with van der Waals surface area (Å²) in [7, 11) is 0. The van der Waals surface area contributed by atoms with Gasteiger partial charge in [-0.15, -0.1) is 0 Å². The highest BCUT2D eigenvalue weighted by Crippen LogP contribution is 2.33. The number of likely N-dealkylation sites (N-methyl/N-ethyl adjacent to an activating group) is 1. The molecular weight excluding hydrogens is 521 g/mol. The molecule has 0 saturated carbocycles. The average Bonchev–Trinajstić information content (AvgIpc) is 3.32. The van der Waals surface area contributed by atoms with Crippen LogP contribution in [0.4, 0.5) is 24.8 Å². The molecule has 1 fully saturated rings. The van der Waals surface area contributed by atoms with E-state index in [2.05, 4.69) is 49.1 Å². The Morgan fingerprint density at radius 1 is 1.05 bits per heavy atom. The number of nitrogens with zero attached hydrogens (tertiary/aromatic N) is 5. The molecule has 5 rings (SSSR count).